The summed E-state index contributed by atoms with van der Waals surface area (Å²) in [6.45, 7) is 11.8. The lowest BCUT2D eigenvalue weighted by Crippen LogP contribution is -2.50. The van der Waals surface area contributed by atoms with Gasteiger partial charge in [0.15, 0.2) is 0 Å². The number of aromatic nitrogens is 1. The van der Waals surface area contributed by atoms with E-state index >= 15 is 0 Å². The van der Waals surface area contributed by atoms with Crippen molar-refractivity contribution in [1.29, 1.82) is 0 Å². The van der Waals surface area contributed by atoms with Gasteiger partial charge in [-0.3, -0.25) is 4.79 Å². The molecule has 3 heterocycles. The van der Waals surface area contributed by atoms with Gasteiger partial charge in [-0.05, 0) is 40.9 Å². The summed E-state index contributed by atoms with van der Waals surface area (Å²) in [4.78, 5) is 32.3. The third-order valence-corrected chi connectivity index (χ3v) is 8.29. The normalized spacial score (nSPS) is 24.8. The van der Waals surface area contributed by atoms with Crippen LogP contribution in [0.1, 0.15) is 82.7 Å². The third kappa shape index (κ3) is 6.82. The van der Waals surface area contributed by atoms with E-state index in [2.05, 4.69) is 25.8 Å². The first kappa shape index (κ1) is 32.7. The zero-order chi connectivity index (χ0) is 31.9. The summed E-state index contributed by atoms with van der Waals surface area (Å²) in [7, 11) is 1.30. The summed E-state index contributed by atoms with van der Waals surface area (Å²) < 4.78 is 58.1. The number of carbonyl (C=O) groups is 2. The van der Waals surface area contributed by atoms with Gasteiger partial charge < -0.3 is 24.2 Å². The molecule has 2 aromatic rings. The van der Waals surface area contributed by atoms with Crippen molar-refractivity contribution >= 4 is 11.9 Å². The number of ether oxygens (including phenoxy) is 3. The summed E-state index contributed by atoms with van der Waals surface area (Å²) in [6, 6.07) is 6.42. The van der Waals surface area contributed by atoms with E-state index in [9.17, 15) is 27.9 Å². The molecule has 11 heteroatoms. The topological polar surface area (TPSA) is 98.2 Å². The van der Waals surface area contributed by atoms with Crippen LogP contribution in [-0.2, 0) is 37.3 Å². The Morgan fingerprint density at radius 3 is 2.33 bits per heavy atom. The van der Waals surface area contributed by atoms with E-state index in [0.717, 1.165) is 11.6 Å². The maximum absolute atomic E-state index is 14.1. The molecule has 0 radical (unpaired) electrons. The first-order valence-electron chi connectivity index (χ1n) is 14.4. The van der Waals surface area contributed by atoms with Crippen LogP contribution in [0.4, 0.5) is 13.2 Å². The Labute approximate surface area is 250 Å². The van der Waals surface area contributed by atoms with Gasteiger partial charge in [0.2, 0.25) is 5.88 Å². The molecule has 0 saturated carbocycles. The molecule has 0 bridgehead atoms. The Bertz CT molecular complexity index is 1330. The number of alkyl halides is 3. The Morgan fingerprint density at radius 1 is 1.09 bits per heavy atom. The average molecular weight is 607 g/mol. The number of nitrogens with zero attached hydrogens (tertiary/aromatic N) is 2. The Kier molecular flexibility index (Phi) is 9.19. The van der Waals surface area contributed by atoms with Gasteiger partial charge in [0.05, 0.1) is 31.4 Å². The van der Waals surface area contributed by atoms with Crippen LogP contribution >= 0.6 is 0 Å². The second-order valence-electron chi connectivity index (χ2n) is 13.4. The van der Waals surface area contributed by atoms with Crippen molar-refractivity contribution in [3.63, 3.8) is 0 Å². The monoisotopic (exact) mass is 606 g/mol. The Balaban J connectivity index is 1.88. The van der Waals surface area contributed by atoms with Gasteiger partial charge in [0.25, 0.3) is 5.91 Å². The maximum atomic E-state index is 14.1. The van der Waals surface area contributed by atoms with Crippen LogP contribution in [0.5, 0.6) is 5.88 Å². The van der Waals surface area contributed by atoms with Crippen LogP contribution in [0.25, 0.3) is 0 Å². The van der Waals surface area contributed by atoms with Gasteiger partial charge in [-0.2, -0.15) is 13.2 Å². The molecule has 2 aliphatic heterocycles. The number of benzene rings is 1. The number of hydrogen-bond donors (Lipinski definition) is 1. The highest BCUT2D eigenvalue weighted by Crippen LogP contribution is 2.51. The molecule has 4 rings (SSSR count). The zero-order valence-electron chi connectivity index (χ0n) is 25.7. The van der Waals surface area contributed by atoms with Crippen LogP contribution in [-0.4, -0.2) is 58.8 Å². The maximum Gasteiger partial charge on any atom is 0.417 e. The highest BCUT2D eigenvalue weighted by molar-refractivity contribution is 5.88. The van der Waals surface area contributed by atoms with Crippen LogP contribution in [0.3, 0.4) is 0 Å². The highest BCUT2D eigenvalue weighted by Gasteiger charge is 2.59. The minimum Gasteiger partial charge on any atom is -0.481 e. The smallest absolute Gasteiger partial charge is 0.417 e. The van der Waals surface area contributed by atoms with E-state index in [1.54, 1.807) is 0 Å². The fraction of sp³-hybridized carbons (Fsp3) is 0.594. The molecular formula is C32H41F3N2O6. The molecule has 0 spiro atoms. The first-order valence-corrected chi connectivity index (χ1v) is 14.4. The van der Waals surface area contributed by atoms with Gasteiger partial charge in [0.1, 0.15) is 12.1 Å². The molecule has 5 atom stereocenters. The summed E-state index contributed by atoms with van der Waals surface area (Å²) >= 11 is 0. The summed E-state index contributed by atoms with van der Waals surface area (Å²) in [5, 5.41) is 10.6. The average Bonchev–Trinajstić information content (AvgIpc) is 3.57. The number of rotatable bonds is 7. The van der Waals surface area contributed by atoms with E-state index in [1.807, 2.05) is 45.0 Å². The molecule has 236 valence electrons. The highest BCUT2D eigenvalue weighted by atomic mass is 19.4. The van der Waals surface area contributed by atoms with E-state index in [-0.39, 0.29) is 23.5 Å². The van der Waals surface area contributed by atoms with Crippen LogP contribution in [0.15, 0.2) is 36.5 Å². The quantitative estimate of drug-likeness (QED) is 0.403. The number of halogens is 3. The number of pyridine rings is 1. The van der Waals surface area contributed by atoms with Gasteiger partial charge in [-0.1, -0.05) is 65.8 Å². The second-order valence-corrected chi connectivity index (χ2v) is 13.4. The minimum absolute atomic E-state index is 0.0355. The molecule has 2 aliphatic rings. The molecule has 1 aromatic heterocycles. The predicted octanol–water partition coefficient (Wildman–Crippen LogP) is 6.17. The van der Waals surface area contributed by atoms with E-state index in [1.165, 1.54) is 12.0 Å². The van der Waals surface area contributed by atoms with Crippen LogP contribution < -0.4 is 4.74 Å². The van der Waals surface area contributed by atoms with Crippen LogP contribution in [0.2, 0.25) is 0 Å². The first-order chi connectivity index (χ1) is 19.9. The SMILES string of the molecule is COc1ncc(C(F)(F)F)cc1CO[C@@H]1[C@H](C(C)(C)C)[C@@H](C(=O)O)N(C(=O)[C@@H]2CCCO2)[C@H]1c1cccc(C(C)(C)C)c1. The third-order valence-electron chi connectivity index (χ3n) is 8.29. The molecule has 8 nitrogen and oxygen atoms in total. The molecule has 2 saturated heterocycles. The number of methoxy groups -OCH3 is 1. The lowest BCUT2D eigenvalue weighted by atomic mass is 9.73. The molecule has 2 fully saturated rings. The van der Waals surface area contributed by atoms with Crippen molar-refractivity contribution in [3.8, 4) is 5.88 Å². The standard InChI is InChI=1S/C32H41F3N2O6/c1-30(2,3)20-11-8-10-18(14-20)24-26(43-17-19-15-21(32(33,34)35)16-36-27(19)41-7)23(31(4,5)6)25(29(39)40)37(24)28(38)22-12-9-13-42-22/h8,10-11,14-16,22-26H,9,12-13,17H2,1-7H3,(H,39,40)/t22-,23+,24-,25-,26+/m0/s1. The minimum atomic E-state index is -4.63. The van der Waals surface area contributed by atoms with E-state index < -0.39 is 59.2 Å². The zero-order valence-corrected chi connectivity index (χ0v) is 25.7. The van der Waals surface area contributed by atoms with Gasteiger partial charge >= 0.3 is 12.1 Å². The second kappa shape index (κ2) is 12.1. The van der Waals surface area contributed by atoms with Crippen molar-refractivity contribution in [2.75, 3.05) is 13.7 Å². The largest absolute Gasteiger partial charge is 0.481 e. The van der Waals surface area contributed by atoms with Crippen molar-refractivity contribution in [2.24, 2.45) is 11.3 Å². The van der Waals surface area contributed by atoms with Crippen molar-refractivity contribution < 1.29 is 42.1 Å². The number of likely N-dealkylation sites (tertiary alicyclic amines) is 1. The van der Waals surface area contributed by atoms with Gasteiger partial charge in [-0.25, -0.2) is 9.78 Å². The Morgan fingerprint density at radius 2 is 1.79 bits per heavy atom. The lowest BCUT2D eigenvalue weighted by molar-refractivity contribution is -0.156. The van der Waals surface area contributed by atoms with Crippen molar-refractivity contribution in [1.82, 2.24) is 9.88 Å². The number of carbonyl (C=O) groups excluding carboxylic acids is 1. The van der Waals surface area contributed by atoms with Gasteiger partial charge in [0, 0.05) is 24.3 Å². The summed E-state index contributed by atoms with van der Waals surface area (Å²) in [5.74, 6) is -2.39. The molecule has 1 N–H and O–H groups in total. The van der Waals surface area contributed by atoms with E-state index in [0.29, 0.717) is 31.2 Å². The van der Waals surface area contributed by atoms with Crippen molar-refractivity contribution in [3.05, 3.63) is 58.8 Å². The molecular weight excluding hydrogens is 565 g/mol. The summed E-state index contributed by atoms with van der Waals surface area (Å²) in [5.41, 5.74) is -0.184. The number of carboxylic acid groups (broad SMARTS) is 1. The van der Waals surface area contributed by atoms with Crippen molar-refractivity contribution in [2.45, 2.75) is 96.9 Å². The molecule has 0 aliphatic carbocycles. The van der Waals surface area contributed by atoms with Crippen LogP contribution in [0, 0.1) is 11.3 Å². The lowest BCUT2D eigenvalue weighted by Gasteiger charge is -2.35. The number of aliphatic carboxylic acids is 1. The fourth-order valence-corrected chi connectivity index (χ4v) is 6.19. The predicted molar refractivity (Wildman–Crippen MR) is 152 cm³/mol. The Hall–Kier alpha value is -3.18. The summed E-state index contributed by atoms with van der Waals surface area (Å²) in [6.07, 6.45) is -4.49. The van der Waals surface area contributed by atoms with E-state index in [4.69, 9.17) is 14.2 Å². The number of amides is 1. The number of hydrogen-bond acceptors (Lipinski definition) is 6. The fourth-order valence-electron chi connectivity index (χ4n) is 6.19. The number of carboxylic acids is 1. The molecule has 0 unspecified atom stereocenters. The van der Waals surface area contributed by atoms with Gasteiger partial charge in [-0.15, -0.1) is 0 Å². The molecule has 1 aromatic carbocycles. The molecule has 43 heavy (non-hydrogen) atoms. The molecule has 1 amide bonds.